The lowest BCUT2D eigenvalue weighted by molar-refractivity contribution is -0.153. The molecule has 0 fully saturated rings. The molecule has 2 N–H and O–H groups in total. The average Bonchev–Trinajstić information content (AvgIpc) is 2.22. The number of aryl methyl sites for hydroxylation is 2. The molecular weight excluding hydrogens is 329 g/mol. The summed E-state index contributed by atoms with van der Waals surface area (Å²) in [5.41, 5.74) is 8.13. The van der Waals surface area contributed by atoms with E-state index in [1.165, 1.54) is 0 Å². The molecule has 0 radical (unpaired) electrons. The molecule has 0 saturated heterocycles. The van der Waals surface area contributed by atoms with Gasteiger partial charge >= 0.3 is 6.18 Å². The van der Waals surface area contributed by atoms with Crippen molar-refractivity contribution in [1.82, 2.24) is 4.90 Å². The normalized spacial score (nSPS) is 12.3. The molecule has 0 bridgehead atoms. The highest BCUT2D eigenvalue weighted by Crippen LogP contribution is 2.27. The van der Waals surface area contributed by atoms with Gasteiger partial charge in [-0.3, -0.25) is 0 Å². The van der Waals surface area contributed by atoms with Gasteiger partial charge in [0, 0.05) is 18.6 Å². The van der Waals surface area contributed by atoms with Gasteiger partial charge in [0.1, 0.15) is 5.75 Å². The SMILES string of the molecule is Cc1cc(CN(C)CC(C)(C)N)cc(C)c1OCC(F)(F)F.Cl. The Labute approximate surface area is 142 Å². The Bertz CT molecular complexity index is 490. The van der Waals surface area contributed by atoms with Gasteiger partial charge in [0.25, 0.3) is 0 Å². The second kappa shape index (κ2) is 8.22. The van der Waals surface area contributed by atoms with E-state index in [1.807, 2.05) is 33.0 Å². The summed E-state index contributed by atoms with van der Waals surface area (Å²) >= 11 is 0. The summed E-state index contributed by atoms with van der Waals surface area (Å²) in [5, 5.41) is 0. The number of rotatable bonds is 6. The Morgan fingerprint density at radius 3 is 2.00 bits per heavy atom. The highest BCUT2D eigenvalue weighted by Gasteiger charge is 2.29. The van der Waals surface area contributed by atoms with Gasteiger partial charge in [0.15, 0.2) is 6.61 Å². The van der Waals surface area contributed by atoms with Crippen LogP contribution in [0.3, 0.4) is 0 Å². The Hall–Kier alpha value is -0.980. The van der Waals surface area contributed by atoms with Crippen LogP contribution in [-0.4, -0.2) is 36.8 Å². The Morgan fingerprint density at radius 2 is 1.61 bits per heavy atom. The number of hydrogen-bond acceptors (Lipinski definition) is 3. The van der Waals surface area contributed by atoms with Gasteiger partial charge in [-0.15, -0.1) is 12.4 Å². The number of nitrogens with zero attached hydrogens (tertiary/aromatic N) is 1. The van der Waals surface area contributed by atoms with Crippen molar-refractivity contribution in [3.8, 4) is 5.75 Å². The Morgan fingerprint density at radius 1 is 1.13 bits per heavy atom. The second-order valence-electron chi connectivity index (χ2n) is 6.62. The molecule has 3 nitrogen and oxygen atoms in total. The summed E-state index contributed by atoms with van der Waals surface area (Å²) in [7, 11) is 1.97. The van der Waals surface area contributed by atoms with Crippen molar-refractivity contribution in [3.05, 3.63) is 28.8 Å². The summed E-state index contributed by atoms with van der Waals surface area (Å²) in [6, 6.07) is 3.72. The molecule has 7 heteroatoms. The summed E-state index contributed by atoms with van der Waals surface area (Å²) in [5.74, 6) is 0.308. The van der Waals surface area contributed by atoms with Crippen LogP contribution in [0.4, 0.5) is 13.2 Å². The van der Waals surface area contributed by atoms with E-state index in [2.05, 4.69) is 4.90 Å². The molecule has 1 aromatic carbocycles. The Kier molecular flexibility index (Phi) is 7.87. The van der Waals surface area contributed by atoms with Gasteiger partial charge in [0.2, 0.25) is 0 Å². The first-order chi connectivity index (χ1) is 9.87. The van der Waals surface area contributed by atoms with E-state index in [-0.39, 0.29) is 17.9 Å². The van der Waals surface area contributed by atoms with Crippen LogP contribution in [0.25, 0.3) is 0 Å². The lowest BCUT2D eigenvalue weighted by Crippen LogP contribution is -2.43. The third kappa shape index (κ3) is 8.44. The van der Waals surface area contributed by atoms with Crippen LogP contribution < -0.4 is 10.5 Å². The minimum Gasteiger partial charge on any atom is -0.484 e. The summed E-state index contributed by atoms with van der Waals surface area (Å²) < 4.78 is 41.7. The molecule has 0 spiro atoms. The fraction of sp³-hybridized carbons (Fsp3) is 0.625. The van der Waals surface area contributed by atoms with Crippen LogP contribution in [0.5, 0.6) is 5.75 Å². The van der Waals surface area contributed by atoms with Crippen LogP contribution in [-0.2, 0) is 6.54 Å². The van der Waals surface area contributed by atoms with Crippen molar-refractivity contribution in [2.75, 3.05) is 20.2 Å². The van der Waals surface area contributed by atoms with Crippen molar-refractivity contribution >= 4 is 12.4 Å². The predicted molar refractivity (Wildman–Crippen MR) is 89.3 cm³/mol. The molecule has 134 valence electrons. The van der Waals surface area contributed by atoms with Crippen molar-refractivity contribution in [2.45, 2.75) is 46.0 Å². The van der Waals surface area contributed by atoms with Crippen LogP contribution in [0.15, 0.2) is 12.1 Å². The molecule has 0 aromatic heterocycles. The molecule has 0 amide bonds. The molecule has 0 heterocycles. The predicted octanol–water partition coefficient (Wildman–Crippen LogP) is 3.84. The highest BCUT2D eigenvalue weighted by molar-refractivity contribution is 5.85. The number of benzene rings is 1. The van der Waals surface area contributed by atoms with Crippen LogP contribution in [0.1, 0.15) is 30.5 Å². The third-order valence-electron chi connectivity index (χ3n) is 3.03. The topological polar surface area (TPSA) is 38.5 Å². The Balaban J connectivity index is 0.00000484. The molecule has 0 saturated carbocycles. The second-order valence-corrected chi connectivity index (χ2v) is 6.62. The van der Waals surface area contributed by atoms with E-state index in [0.717, 1.165) is 12.1 Å². The molecular formula is C16H26ClF3N2O. The zero-order chi connectivity index (χ0) is 17.1. The van der Waals surface area contributed by atoms with Crippen LogP contribution >= 0.6 is 12.4 Å². The zero-order valence-corrected chi connectivity index (χ0v) is 15.1. The van der Waals surface area contributed by atoms with Gasteiger partial charge in [-0.25, -0.2) is 0 Å². The molecule has 0 aliphatic carbocycles. The van der Waals surface area contributed by atoms with Crippen molar-refractivity contribution < 1.29 is 17.9 Å². The van der Waals surface area contributed by atoms with Gasteiger partial charge in [-0.1, -0.05) is 12.1 Å². The van der Waals surface area contributed by atoms with Gasteiger partial charge in [-0.2, -0.15) is 13.2 Å². The largest absolute Gasteiger partial charge is 0.484 e. The van der Waals surface area contributed by atoms with Crippen LogP contribution in [0.2, 0.25) is 0 Å². The van der Waals surface area contributed by atoms with Crippen LogP contribution in [0, 0.1) is 13.8 Å². The quantitative estimate of drug-likeness (QED) is 0.843. The third-order valence-corrected chi connectivity index (χ3v) is 3.03. The van der Waals surface area contributed by atoms with Crippen molar-refractivity contribution in [1.29, 1.82) is 0 Å². The monoisotopic (exact) mass is 354 g/mol. The number of likely N-dealkylation sites (N-methyl/N-ethyl adjacent to an activating group) is 1. The van der Waals surface area contributed by atoms with Crippen molar-refractivity contribution in [3.63, 3.8) is 0 Å². The van der Waals surface area contributed by atoms with Gasteiger partial charge < -0.3 is 15.4 Å². The smallest absolute Gasteiger partial charge is 0.422 e. The minimum atomic E-state index is -4.33. The zero-order valence-electron chi connectivity index (χ0n) is 14.3. The summed E-state index contributed by atoms with van der Waals surface area (Å²) in [4.78, 5) is 2.09. The van der Waals surface area contributed by atoms with Crippen molar-refractivity contribution in [2.24, 2.45) is 5.73 Å². The fourth-order valence-electron chi connectivity index (χ4n) is 2.58. The first-order valence-electron chi connectivity index (χ1n) is 7.14. The molecule has 0 aliphatic rings. The molecule has 1 rings (SSSR count). The fourth-order valence-corrected chi connectivity index (χ4v) is 2.58. The first-order valence-corrected chi connectivity index (χ1v) is 7.14. The number of halogens is 4. The van der Waals surface area contributed by atoms with E-state index >= 15 is 0 Å². The van der Waals surface area contributed by atoms with E-state index in [9.17, 15) is 13.2 Å². The average molecular weight is 355 g/mol. The number of nitrogens with two attached hydrogens (primary N) is 1. The number of hydrogen-bond donors (Lipinski definition) is 1. The lowest BCUT2D eigenvalue weighted by atomic mass is 10.0. The van der Waals surface area contributed by atoms with E-state index in [1.54, 1.807) is 13.8 Å². The minimum absolute atomic E-state index is 0. The molecule has 0 atom stereocenters. The standard InChI is InChI=1S/C16H25F3N2O.ClH/c1-11-6-13(8-21(5)9-15(3,4)20)7-12(2)14(11)22-10-16(17,18)19;/h6-7H,8-10,20H2,1-5H3;1H. The maximum atomic E-state index is 12.3. The molecule has 0 unspecified atom stereocenters. The maximum absolute atomic E-state index is 12.3. The lowest BCUT2D eigenvalue weighted by Gasteiger charge is -2.27. The van der Waals surface area contributed by atoms with E-state index in [0.29, 0.717) is 23.4 Å². The van der Waals surface area contributed by atoms with E-state index in [4.69, 9.17) is 10.5 Å². The molecule has 1 aromatic rings. The first kappa shape index (κ1) is 22.0. The van der Waals surface area contributed by atoms with E-state index < -0.39 is 12.8 Å². The molecule has 23 heavy (non-hydrogen) atoms. The maximum Gasteiger partial charge on any atom is 0.422 e. The summed E-state index contributed by atoms with van der Waals surface area (Å²) in [6.07, 6.45) is -4.33. The molecule has 0 aliphatic heterocycles. The highest BCUT2D eigenvalue weighted by atomic mass is 35.5. The number of alkyl halides is 3. The van der Waals surface area contributed by atoms with Gasteiger partial charge in [0.05, 0.1) is 0 Å². The van der Waals surface area contributed by atoms with Gasteiger partial charge in [-0.05, 0) is 51.4 Å². The summed E-state index contributed by atoms with van der Waals surface area (Å²) in [6.45, 7) is 7.56. The number of ether oxygens (including phenoxy) is 1.